The second-order valence-corrected chi connectivity index (χ2v) is 5.38. The van der Waals surface area contributed by atoms with Crippen LogP contribution >= 0.6 is 12.2 Å². The van der Waals surface area contributed by atoms with Crippen molar-refractivity contribution < 1.29 is 0 Å². The van der Waals surface area contributed by atoms with Gasteiger partial charge in [0, 0.05) is 6.04 Å². The van der Waals surface area contributed by atoms with Gasteiger partial charge in [0.05, 0.1) is 0 Å². The van der Waals surface area contributed by atoms with Crippen LogP contribution in [0.3, 0.4) is 0 Å². The highest BCUT2D eigenvalue weighted by Gasteiger charge is 2.30. The Kier molecular flexibility index (Phi) is 4.17. The Labute approximate surface area is 92.6 Å². The van der Waals surface area contributed by atoms with E-state index in [1.54, 1.807) is 0 Å². The van der Waals surface area contributed by atoms with Crippen molar-refractivity contribution in [3.8, 4) is 0 Å². The fourth-order valence-corrected chi connectivity index (χ4v) is 2.70. The van der Waals surface area contributed by atoms with Crippen LogP contribution in [0.4, 0.5) is 0 Å². The summed E-state index contributed by atoms with van der Waals surface area (Å²) in [6.07, 6.45) is 3.86. The van der Waals surface area contributed by atoms with Crippen LogP contribution in [0.5, 0.6) is 0 Å². The molecule has 0 bridgehead atoms. The molecule has 3 N–H and O–H groups in total. The van der Waals surface area contributed by atoms with Gasteiger partial charge in [-0.2, -0.15) is 0 Å². The third kappa shape index (κ3) is 3.12. The summed E-state index contributed by atoms with van der Waals surface area (Å²) in [6.45, 7) is 6.88. The average molecular weight is 214 g/mol. The lowest BCUT2D eigenvalue weighted by atomic mass is 9.74. The monoisotopic (exact) mass is 214 g/mol. The maximum atomic E-state index is 5.55. The highest BCUT2D eigenvalue weighted by atomic mass is 32.1. The van der Waals surface area contributed by atoms with Gasteiger partial charge in [-0.25, -0.2) is 0 Å². The number of hydrogen-bond donors (Lipinski definition) is 2. The van der Waals surface area contributed by atoms with E-state index in [0.717, 1.165) is 11.8 Å². The van der Waals surface area contributed by atoms with Crippen LogP contribution in [0.25, 0.3) is 0 Å². The zero-order valence-corrected chi connectivity index (χ0v) is 10.2. The Balaban J connectivity index is 2.58. The van der Waals surface area contributed by atoms with Crippen molar-refractivity contribution in [1.29, 1.82) is 0 Å². The largest absolute Gasteiger partial charge is 0.376 e. The van der Waals surface area contributed by atoms with Crippen LogP contribution in [0.1, 0.15) is 40.0 Å². The first-order valence-electron chi connectivity index (χ1n) is 5.56. The summed E-state index contributed by atoms with van der Waals surface area (Å²) in [5.41, 5.74) is 5.55. The topological polar surface area (TPSA) is 38.0 Å². The van der Waals surface area contributed by atoms with E-state index in [-0.39, 0.29) is 0 Å². The Morgan fingerprint density at radius 2 is 2.07 bits per heavy atom. The predicted molar refractivity (Wildman–Crippen MR) is 65.1 cm³/mol. The lowest BCUT2D eigenvalue weighted by Crippen LogP contribution is -2.47. The third-order valence-corrected chi connectivity index (χ3v) is 3.47. The number of rotatable bonds is 2. The van der Waals surface area contributed by atoms with E-state index in [4.69, 9.17) is 18.0 Å². The molecule has 1 saturated carbocycles. The first-order chi connectivity index (χ1) is 6.50. The van der Waals surface area contributed by atoms with E-state index in [1.165, 1.54) is 19.3 Å². The van der Waals surface area contributed by atoms with Crippen molar-refractivity contribution in [2.45, 2.75) is 46.1 Å². The van der Waals surface area contributed by atoms with Crippen molar-refractivity contribution in [2.75, 3.05) is 0 Å². The van der Waals surface area contributed by atoms with Gasteiger partial charge >= 0.3 is 0 Å². The maximum Gasteiger partial charge on any atom is 0.163 e. The van der Waals surface area contributed by atoms with Crippen LogP contribution in [0, 0.1) is 17.8 Å². The highest BCUT2D eigenvalue weighted by molar-refractivity contribution is 7.80. The minimum absolute atomic E-state index is 0.453. The minimum Gasteiger partial charge on any atom is -0.376 e. The van der Waals surface area contributed by atoms with Crippen molar-refractivity contribution >= 4 is 17.3 Å². The smallest absolute Gasteiger partial charge is 0.163 e. The molecule has 0 amide bonds. The van der Waals surface area contributed by atoms with E-state index < -0.39 is 0 Å². The number of hydrogen-bond acceptors (Lipinski definition) is 1. The molecule has 1 aliphatic carbocycles. The number of nitrogens with two attached hydrogens (primary N) is 1. The van der Waals surface area contributed by atoms with Gasteiger partial charge in [-0.15, -0.1) is 0 Å². The molecule has 0 spiro atoms. The average Bonchev–Trinajstić information content (AvgIpc) is 2.01. The lowest BCUT2D eigenvalue weighted by Gasteiger charge is -2.37. The van der Waals surface area contributed by atoms with Gasteiger partial charge in [0.15, 0.2) is 5.11 Å². The van der Waals surface area contributed by atoms with E-state index in [2.05, 4.69) is 26.1 Å². The van der Waals surface area contributed by atoms with Crippen LogP contribution in [0.2, 0.25) is 0 Å². The maximum absolute atomic E-state index is 5.55. The number of nitrogens with one attached hydrogen (secondary N) is 1. The molecular weight excluding hydrogens is 192 g/mol. The Morgan fingerprint density at radius 3 is 2.57 bits per heavy atom. The van der Waals surface area contributed by atoms with Crippen molar-refractivity contribution in [3.63, 3.8) is 0 Å². The summed E-state index contributed by atoms with van der Waals surface area (Å²) in [7, 11) is 0. The molecule has 1 aliphatic rings. The minimum atomic E-state index is 0.453. The summed E-state index contributed by atoms with van der Waals surface area (Å²) in [5, 5.41) is 3.71. The van der Waals surface area contributed by atoms with Crippen molar-refractivity contribution in [3.05, 3.63) is 0 Å². The lowest BCUT2D eigenvalue weighted by molar-refractivity contribution is 0.186. The summed E-state index contributed by atoms with van der Waals surface area (Å²) in [4.78, 5) is 0. The van der Waals surface area contributed by atoms with Gasteiger partial charge in [0.2, 0.25) is 0 Å². The standard InChI is InChI=1S/C11H22N2S/c1-7(2)9-5-4-8(3)6-10(9)13-11(12)14/h7-10H,4-6H2,1-3H3,(H3,12,13,14)/t8-,9?,10?/m1/s1. The van der Waals surface area contributed by atoms with Crippen LogP contribution < -0.4 is 11.1 Å². The molecule has 1 fully saturated rings. The normalized spacial score (nSPS) is 33.0. The second kappa shape index (κ2) is 4.96. The fourth-order valence-electron chi connectivity index (χ4n) is 2.55. The molecule has 3 atom stereocenters. The van der Waals surface area contributed by atoms with Gasteiger partial charge < -0.3 is 11.1 Å². The number of thiocarbonyl (C=S) groups is 1. The molecule has 82 valence electrons. The van der Waals surface area contributed by atoms with Gasteiger partial charge in [-0.3, -0.25) is 0 Å². The molecule has 0 aromatic rings. The van der Waals surface area contributed by atoms with Gasteiger partial charge in [0.25, 0.3) is 0 Å². The van der Waals surface area contributed by atoms with E-state index in [1.807, 2.05) is 0 Å². The van der Waals surface area contributed by atoms with Gasteiger partial charge in [0.1, 0.15) is 0 Å². The predicted octanol–water partition coefficient (Wildman–Crippen LogP) is 2.28. The SMILES string of the molecule is CC(C)C1CC[C@@H](C)CC1NC(N)=S. The zero-order chi connectivity index (χ0) is 10.7. The molecule has 0 aliphatic heterocycles. The first kappa shape index (κ1) is 11.8. The van der Waals surface area contributed by atoms with E-state index in [0.29, 0.717) is 17.1 Å². The summed E-state index contributed by atoms with van der Waals surface area (Å²) in [5.74, 6) is 2.25. The van der Waals surface area contributed by atoms with Crippen molar-refractivity contribution in [1.82, 2.24) is 5.32 Å². The van der Waals surface area contributed by atoms with Crippen LogP contribution in [-0.2, 0) is 0 Å². The molecule has 2 nitrogen and oxygen atoms in total. The van der Waals surface area contributed by atoms with E-state index >= 15 is 0 Å². The van der Waals surface area contributed by atoms with Gasteiger partial charge in [-0.1, -0.05) is 27.2 Å². The molecule has 0 saturated heterocycles. The fraction of sp³-hybridized carbons (Fsp3) is 0.909. The van der Waals surface area contributed by atoms with Crippen LogP contribution in [-0.4, -0.2) is 11.2 Å². The Morgan fingerprint density at radius 1 is 1.43 bits per heavy atom. The second-order valence-electron chi connectivity index (χ2n) is 4.94. The molecule has 1 rings (SSSR count). The summed E-state index contributed by atoms with van der Waals surface area (Å²) >= 11 is 4.92. The molecule has 3 heteroatoms. The van der Waals surface area contributed by atoms with E-state index in [9.17, 15) is 0 Å². The summed E-state index contributed by atoms with van der Waals surface area (Å²) in [6, 6.07) is 0.497. The molecular formula is C11H22N2S. The molecule has 0 aromatic carbocycles. The summed E-state index contributed by atoms with van der Waals surface area (Å²) < 4.78 is 0. The van der Waals surface area contributed by atoms with Gasteiger partial charge in [-0.05, 0) is 42.8 Å². The molecule has 14 heavy (non-hydrogen) atoms. The highest BCUT2D eigenvalue weighted by Crippen LogP contribution is 2.33. The van der Waals surface area contributed by atoms with Crippen LogP contribution in [0.15, 0.2) is 0 Å². The molecule has 2 unspecified atom stereocenters. The zero-order valence-electron chi connectivity index (χ0n) is 9.42. The molecule has 0 aromatic heterocycles. The molecule has 0 radical (unpaired) electrons. The molecule has 0 heterocycles. The quantitative estimate of drug-likeness (QED) is 0.693. The third-order valence-electron chi connectivity index (χ3n) is 3.35. The Bertz CT molecular complexity index is 203. The Hall–Kier alpha value is -0.310. The first-order valence-corrected chi connectivity index (χ1v) is 5.97. The van der Waals surface area contributed by atoms with Crippen molar-refractivity contribution in [2.24, 2.45) is 23.5 Å².